The average Bonchev–Trinajstić information content (AvgIpc) is 3.07. The maximum atomic E-state index is 12.5. The maximum Gasteiger partial charge on any atom is 0.255 e. The van der Waals surface area contributed by atoms with Gasteiger partial charge < -0.3 is 9.88 Å². The number of nitrogens with one attached hydrogen (secondary N) is 1. The smallest absolute Gasteiger partial charge is 0.255 e. The van der Waals surface area contributed by atoms with Crippen molar-refractivity contribution in [2.24, 2.45) is 7.05 Å². The molecule has 1 N–H and O–H groups in total. The second-order valence-corrected chi connectivity index (χ2v) is 8.46. The molecule has 0 bridgehead atoms. The van der Waals surface area contributed by atoms with Crippen molar-refractivity contribution in [2.75, 3.05) is 11.6 Å². The summed E-state index contributed by atoms with van der Waals surface area (Å²) in [7, 11) is -1.69. The van der Waals surface area contributed by atoms with Gasteiger partial charge >= 0.3 is 0 Å². The molecule has 0 radical (unpaired) electrons. The quantitative estimate of drug-likeness (QED) is 0.668. The van der Waals surface area contributed by atoms with Crippen molar-refractivity contribution < 1.29 is 18.0 Å². The van der Waals surface area contributed by atoms with Gasteiger partial charge in [0.1, 0.15) is 0 Å². The Labute approximate surface area is 163 Å². The summed E-state index contributed by atoms with van der Waals surface area (Å²) in [5, 5.41) is 2.70. The first-order valence-electron chi connectivity index (χ1n) is 8.41. The number of sulfone groups is 1. The fourth-order valence-corrected chi connectivity index (χ4v) is 3.76. The van der Waals surface area contributed by atoms with E-state index in [9.17, 15) is 18.0 Å². The van der Waals surface area contributed by atoms with E-state index in [-0.39, 0.29) is 16.2 Å². The lowest BCUT2D eigenvalue weighted by atomic mass is 10.1. The molecule has 144 valence electrons. The fraction of sp³-hybridized carbons (Fsp3) is 0.150. The van der Waals surface area contributed by atoms with Crippen molar-refractivity contribution in [3.05, 3.63) is 77.4 Å². The number of rotatable bonds is 5. The molecule has 2 aromatic carbocycles. The standard InChI is InChI=1S/C20H19N3O4S/c1-13-4-5-15(12-17(13)28(3,26)27)20(25)22-16-8-6-14(7-9-16)18(24)19-21-10-11-23(19)2/h4-12H,1-3H3,(H,22,25). The summed E-state index contributed by atoms with van der Waals surface area (Å²) in [6.07, 6.45) is 4.34. The van der Waals surface area contributed by atoms with E-state index in [2.05, 4.69) is 10.3 Å². The van der Waals surface area contributed by atoms with Crippen molar-refractivity contribution in [3.8, 4) is 0 Å². The van der Waals surface area contributed by atoms with Crippen LogP contribution in [0.15, 0.2) is 59.8 Å². The number of hydrogen-bond acceptors (Lipinski definition) is 5. The van der Waals surface area contributed by atoms with Crippen LogP contribution in [-0.2, 0) is 16.9 Å². The molecule has 0 saturated heterocycles. The third-order valence-corrected chi connectivity index (χ3v) is 5.52. The van der Waals surface area contributed by atoms with E-state index in [1.54, 1.807) is 67.3 Å². The third kappa shape index (κ3) is 4.01. The van der Waals surface area contributed by atoms with Gasteiger partial charge in [-0.05, 0) is 48.9 Å². The van der Waals surface area contributed by atoms with Crippen LogP contribution in [0.1, 0.15) is 32.1 Å². The zero-order valence-corrected chi connectivity index (χ0v) is 16.4. The number of carbonyl (C=O) groups excluding carboxylic acids is 2. The Morgan fingerprint density at radius 1 is 1.04 bits per heavy atom. The van der Waals surface area contributed by atoms with E-state index in [1.165, 1.54) is 6.07 Å². The second-order valence-electron chi connectivity index (χ2n) is 6.47. The summed E-state index contributed by atoms with van der Waals surface area (Å²) >= 11 is 0. The Hall–Kier alpha value is -3.26. The minimum absolute atomic E-state index is 0.121. The van der Waals surface area contributed by atoms with Crippen molar-refractivity contribution in [1.29, 1.82) is 0 Å². The highest BCUT2D eigenvalue weighted by atomic mass is 32.2. The van der Waals surface area contributed by atoms with Crippen LogP contribution in [0.5, 0.6) is 0 Å². The Morgan fingerprint density at radius 2 is 1.68 bits per heavy atom. The van der Waals surface area contributed by atoms with Gasteiger partial charge in [0.05, 0.1) is 4.90 Å². The molecule has 3 aromatic rings. The van der Waals surface area contributed by atoms with E-state index >= 15 is 0 Å². The van der Waals surface area contributed by atoms with E-state index in [0.29, 0.717) is 22.6 Å². The van der Waals surface area contributed by atoms with Gasteiger partial charge in [-0.3, -0.25) is 9.59 Å². The van der Waals surface area contributed by atoms with E-state index in [1.807, 2.05) is 0 Å². The molecule has 0 aliphatic rings. The molecule has 0 aliphatic carbocycles. The van der Waals surface area contributed by atoms with Gasteiger partial charge in [-0.1, -0.05) is 6.07 Å². The van der Waals surface area contributed by atoms with Gasteiger partial charge in [0, 0.05) is 42.5 Å². The number of nitrogens with zero attached hydrogens (tertiary/aromatic N) is 2. The molecule has 0 fully saturated rings. The van der Waals surface area contributed by atoms with Crippen LogP contribution in [0.25, 0.3) is 0 Å². The SMILES string of the molecule is Cc1ccc(C(=O)Nc2ccc(C(=O)c3nccn3C)cc2)cc1S(C)(=O)=O. The minimum atomic E-state index is -3.43. The normalized spacial score (nSPS) is 11.2. The van der Waals surface area contributed by atoms with Crippen LogP contribution in [0.4, 0.5) is 5.69 Å². The van der Waals surface area contributed by atoms with Crippen LogP contribution in [0.3, 0.4) is 0 Å². The average molecular weight is 397 g/mol. The van der Waals surface area contributed by atoms with Crippen LogP contribution < -0.4 is 5.32 Å². The fourth-order valence-electron chi connectivity index (χ4n) is 2.76. The maximum absolute atomic E-state index is 12.5. The number of aryl methyl sites for hydroxylation is 2. The third-order valence-electron chi connectivity index (χ3n) is 4.28. The Bertz CT molecular complexity index is 1160. The van der Waals surface area contributed by atoms with E-state index < -0.39 is 15.7 Å². The number of benzene rings is 2. The number of amides is 1. The predicted molar refractivity (Wildman–Crippen MR) is 105 cm³/mol. The van der Waals surface area contributed by atoms with Crippen LogP contribution in [-0.4, -0.2) is 35.9 Å². The monoisotopic (exact) mass is 397 g/mol. The van der Waals surface area contributed by atoms with Crippen molar-refractivity contribution >= 4 is 27.2 Å². The number of carbonyl (C=O) groups is 2. The lowest BCUT2D eigenvalue weighted by Crippen LogP contribution is -2.14. The lowest BCUT2D eigenvalue weighted by Gasteiger charge is -2.09. The topological polar surface area (TPSA) is 98.1 Å². The highest BCUT2D eigenvalue weighted by Gasteiger charge is 2.16. The van der Waals surface area contributed by atoms with E-state index in [4.69, 9.17) is 0 Å². The number of anilines is 1. The van der Waals surface area contributed by atoms with Crippen molar-refractivity contribution in [3.63, 3.8) is 0 Å². The molecule has 1 amide bonds. The highest BCUT2D eigenvalue weighted by Crippen LogP contribution is 2.19. The molecule has 1 aromatic heterocycles. The first-order valence-corrected chi connectivity index (χ1v) is 10.3. The van der Waals surface area contributed by atoms with Crippen LogP contribution >= 0.6 is 0 Å². The summed E-state index contributed by atoms with van der Waals surface area (Å²) in [5.74, 6) is -0.334. The van der Waals surface area contributed by atoms with E-state index in [0.717, 1.165) is 6.26 Å². The largest absolute Gasteiger partial charge is 0.331 e. The molecular weight excluding hydrogens is 378 g/mol. The summed E-state index contributed by atoms with van der Waals surface area (Å²) in [6, 6.07) is 10.9. The molecular formula is C20H19N3O4S. The Balaban J connectivity index is 1.78. The molecule has 0 unspecified atom stereocenters. The summed E-state index contributed by atoms with van der Waals surface area (Å²) in [4.78, 5) is 29.0. The number of ketones is 1. The Kier molecular flexibility index (Phi) is 5.15. The zero-order valence-electron chi connectivity index (χ0n) is 15.6. The molecule has 3 rings (SSSR count). The Morgan fingerprint density at radius 3 is 2.25 bits per heavy atom. The van der Waals surface area contributed by atoms with Gasteiger partial charge in [0.2, 0.25) is 5.78 Å². The lowest BCUT2D eigenvalue weighted by molar-refractivity contribution is 0.102. The first kappa shape index (κ1) is 19.5. The number of hydrogen-bond donors (Lipinski definition) is 1. The van der Waals surface area contributed by atoms with Crippen molar-refractivity contribution in [1.82, 2.24) is 9.55 Å². The summed E-state index contributed by atoms with van der Waals surface area (Å²) < 4.78 is 25.3. The van der Waals surface area contributed by atoms with Crippen LogP contribution in [0.2, 0.25) is 0 Å². The molecule has 28 heavy (non-hydrogen) atoms. The van der Waals surface area contributed by atoms with Gasteiger partial charge in [0.25, 0.3) is 5.91 Å². The number of imidazole rings is 1. The van der Waals surface area contributed by atoms with Gasteiger partial charge in [-0.2, -0.15) is 0 Å². The van der Waals surface area contributed by atoms with Gasteiger partial charge in [0.15, 0.2) is 15.7 Å². The summed E-state index contributed by atoms with van der Waals surface area (Å²) in [6.45, 7) is 1.68. The first-order chi connectivity index (χ1) is 13.2. The van der Waals surface area contributed by atoms with Gasteiger partial charge in [-0.25, -0.2) is 13.4 Å². The molecule has 0 spiro atoms. The molecule has 1 heterocycles. The minimum Gasteiger partial charge on any atom is -0.331 e. The second kappa shape index (κ2) is 7.40. The van der Waals surface area contributed by atoms with Crippen LogP contribution in [0, 0.1) is 6.92 Å². The van der Waals surface area contributed by atoms with Crippen molar-refractivity contribution in [2.45, 2.75) is 11.8 Å². The molecule has 0 aliphatic heterocycles. The highest BCUT2D eigenvalue weighted by molar-refractivity contribution is 7.90. The number of aromatic nitrogens is 2. The summed E-state index contributed by atoms with van der Waals surface area (Å²) in [5.41, 5.74) is 1.75. The zero-order chi connectivity index (χ0) is 20.5. The predicted octanol–water partition coefficient (Wildman–Crippen LogP) is 2.62. The van der Waals surface area contributed by atoms with Gasteiger partial charge in [-0.15, -0.1) is 0 Å². The molecule has 0 saturated carbocycles. The molecule has 7 nitrogen and oxygen atoms in total. The molecule has 0 atom stereocenters. The molecule has 8 heteroatoms.